The normalized spacial score (nSPS) is 15.5. The molecule has 0 aliphatic carbocycles. The Morgan fingerprint density at radius 3 is 2.24 bits per heavy atom. The Labute approximate surface area is 96.4 Å². The molecular weight excluding hydrogens is 238 g/mol. The summed E-state index contributed by atoms with van der Waals surface area (Å²) in [5.74, 6) is -1.28. The molecule has 0 fully saturated rings. The molecule has 2 N–H and O–H groups in total. The summed E-state index contributed by atoms with van der Waals surface area (Å²) in [6.45, 7) is 2.46. The monoisotopic (exact) mass is 251 g/mol. The standard InChI is InChI=1S/C11H13F4NO/c1-6(16)8-3-4-10(9(12)5-8)17-7(2)11(13,14)15/h3-7H,16H2,1-2H3/t6-,7?/m1/s1. The van der Waals surface area contributed by atoms with E-state index in [0.717, 1.165) is 19.1 Å². The van der Waals surface area contributed by atoms with Gasteiger partial charge in [-0.25, -0.2) is 4.39 Å². The lowest BCUT2D eigenvalue weighted by molar-refractivity contribution is -0.189. The average molecular weight is 251 g/mol. The first-order valence-electron chi connectivity index (χ1n) is 5.00. The summed E-state index contributed by atoms with van der Waals surface area (Å²) < 4.78 is 54.5. The van der Waals surface area contributed by atoms with Crippen LogP contribution in [0.15, 0.2) is 18.2 Å². The van der Waals surface area contributed by atoms with E-state index in [2.05, 4.69) is 4.74 Å². The molecule has 0 heterocycles. The highest BCUT2D eigenvalue weighted by atomic mass is 19.4. The van der Waals surface area contributed by atoms with Crippen LogP contribution < -0.4 is 10.5 Å². The van der Waals surface area contributed by atoms with Crippen molar-refractivity contribution in [2.75, 3.05) is 0 Å². The van der Waals surface area contributed by atoms with Gasteiger partial charge in [-0.2, -0.15) is 13.2 Å². The summed E-state index contributed by atoms with van der Waals surface area (Å²) in [6.07, 6.45) is -6.58. The van der Waals surface area contributed by atoms with E-state index in [-0.39, 0.29) is 0 Å². The van der Waals surface area contributed by atoms with Crippen molar-refractivity contribution in [3.05, 3.63) is 29.6 Å². The number of benzene rings is 1. The predicted molar refractivity (Wildman–Crippen MR) is 55.1 cm³/mol. The summed E-state index contributed by atoms with van der Waals surface area (Å²) in [5, 5.41) is 0. The van der Waals surface area contributed by atoms with Crippen LogP contribution in [0, 0.1) is 5.82 Å². The molecule has 0 aliphatic rings. The molecule has 6 heteroatoms. The van der Waals surface area contributed by atoms with Crippen LogP contribution in [0.2, 0.25) is 0 Å². The van der Waals surface area contributed by atoms with Crippen LogP contribution in [0.3, 0.4) is 0 Å². The van der Waals surface area contributed by atoms with Gasteiger partial charge in [-0.05, 0) is 31.5 Å². The number of nitrogens with two attached hydrogens (primary N) is 1. The second kappa shape index (κ2) is 4.91. The molecule has 0 spiro atoms. The molecule has 1 aromatic rings. The van der Waals surface area contributed by atoms with Crippen molar-refractivity contribution >= 4 is 0 Å². The fourth-order valence-electron chi connectivity index (χ4n) is 1.15. The van der Waals surface area contributed by atoms with Crippen LogP contribution in [-0.2, 0) is 0 Å². The number of ether oxygens (including phenoxy) is 1. The smallest absolute Gasteiger partial charge is 0.425 e. The lowest BCUT2D eigenvalue weighted by Gasteiger charge is -2.18. The van der Waals surface area contributed by atoms with E-state index in [1.54, 1.807) is 6.92 Å². The molecule has 0 aromatic heterocycles. The van der Waals surface area contributed by atoms with E-state index in [4.69, 9.17) is 5.73 Å². The second-order valence-electron chi connectivity index (χ2n) is 3.78. The quantitative estimate of drug-likeness (QED) is 0.837. The molecule has 0 saturated carbocycles. The molecule has 1 aromatic carbocycles. The van der Waals surface area contributed by atoms with Crippen LogP contribution in [0.5, 0.6) is 5.75 Å². The van der Waals surface area contributed by atoms with Crippen LogP contribution in [0.25, 0.3) is 0 Å². The molecule has 1 rings (SSSR count). The molecule has 1 unspecified atom stereocenters. The van der Waals surface area contributed by atoms with Gasteiger partial charge in [-0.15, -0.1) is 0 Å². The Morgan fingerprint density at radius 2 is 1.82 bits per heavy atom. The highest BCUT2D eigenvalue weighted by Crippen LogP contribution is 2.27. The molecule has 2 atom stereocenters. The van der Waals surface area contributed by atoms with Crippen molar-refractivity contribution in [1.29, 1.82) is 0 Å². The minimum Gasteiger partial charge on any atom is -0.478 e. The Kier molecular flexibility index (Phi) is 3.98. The Bertz CT molecular complexity index is 390. The van der Waals surface area contributed by atoms with E-state index >= 15 is 0 Å². The van der Waals surface area contributed by atoms with Crippen molar-refractivity contribution in [1.82, 2.24) is 0 Å². The maximum absolute atomic E-state index is 13.4. The van der Waals surface area contributed by atoms with Gasteiger partial charge in [0.2, 0.25) is 0 Å². The molecule has 0 saturated heterocycles. The maximum atomic E-state index is 13.4. The largest absolute Gasteiger partial charge is 0.478 e. The van der Waals surface area contributed by atoms with Gasteiger partial charge < -0.3 is 10.5 Å². The topological polar surface area (TPSA) is 35.2 Å². The summed E-state index contributed by atoms with van der Waals surface area (Å²) in [7, 11) is 0. The van der Waals surface area contributed by atoms with Crippen molar-refractivity contribution in [3.63, 3.8) is 0 Å². The zero-order valence-electron chi connectivity index (χ0n) is 9.38. The Balaban J connectivity index is 2.87. The third-order valence-electron chi connectivity index (χ3n) is 2.25. The minimum absolute atomic E-state index is 0.390. The van der Waals surface area contributed by atoms with Crippen LogP contribution in [-0.4, -0.2) is 12.3 Å². The number of alkyl halides is 3. The maximum Gasteiger partial charge on any atom is 0.425 e. The average Bonchev–Trinajstić information content (AvgIpc) is 2.19. The zero-order valence-corrected chi connectivity index (χ0v) is 9.38. The number of hydrogen-bond acceptors (Lipinski definition) is 2. The fourth-order valence-corrected chi connectivity index (χ4v) is 1.15. The molecule has 0 bridgehead atoms. The Morgan fingerprint density at radius 1 is 1.24 bits per heavy atom. The summed E-state index contributed by atoms with van der Waals surface area (Å²) in [6, 6.07) is 3.27. The molecule has 0 radical (unpaired) electrons. The molecule has 0 amide bonds. The lowest BCUT2D eigenvalue weighted by atomic mass is 10.1. The first-order valence-corrected chi connectivity index (χ1v) is 5.00. The first-order chi connectivity index (χ1) is 7.71. The number of hydrogen-bond donors (Lipinski definition) is 1. The van der Waals surface area contributed by atoms with Crippen LogP contribution in [0.4, 0.5) is 17.6 Å². The van der Waals surface area contributed by atoms with E-state index in [1.165, 1.54) is 6.07 Å². The van der Waals surface area contributed by atoms with Gasteiger partial charge in [0.25, 0.3) is 0 Å². The lowest BCUT2D eigenvalue weighted by Crippen LogP contribution is -2.31. The van der Waals surface area contributed by atoms with Crippen molar-refractivity contribution in [3.8, 4) is 5.75 Å². The molecule has 96 valence electrons. The third kappa shape index (κ3) is 3.59. The van der Waals surface area contributed by atoms with Crippen LogP contribution in [0.1, 0.15) is 25.5 Å². The molecule has 0 aliphatic heterocycles. The van der Waals surface area contributed by atoms with E-state index in [9.17, 15) is 17.6 Å². The van der Waals surface area contributed by atoms with Gasteiger partial charge in [-0.1, -0.05) is 6.07 Å². The van der Waals surface area contributed by atoms with Gasteiger partial charge in [0.1, 0.15) is 0 Å². The second-order valence-corrected chi connectivity index (χ2v) is 3.78. The highest BCUT2D eigenvalue weighted by molar-refractivity contribution is 5.30. The van der Waals surface area contributed by atoms with Gasteiger partial charge in [0.05, 0.1) is 0 Å². The van der Waals surface area contributed by atoms with Gasteiger partial charge in [-0.3, -0.25) is 0 Å². The van der Waals surface area contributed by atoms with E-state index < -0.39 is 29.9 Å². The number of rotatable bonds is 3. The Hall–Kier alpha value is -1.30. The molecule has 17 heavy (non-hydrogen) atoms. The predicted octanol–water partition coefficient (Wildman–Crippen LogP) is 3.18. The SMILES string of the molecule is CC(Oc1ccc([C@@H](C)N)cc1F)C(F)(F)F. The van der Waals surface area contributed by atoms with Gasteiger partial charge in [0, 0.05) is 6.04 Å². The van der Waals surface area contributed by atoms with Gasteiger partial charge >= 0.3 is 6.18 Å². The third-order valence-corrected chi connectivity index (χ3v) is 2.25. The minimum atomic E-state index is -4.52. The fraction of sp³-hybridized carbons (Fsp3) is 0.455. The molecular formula is C11H13F4NO. The van der Waals surface area contributed by atoms with E-state index in [1.807, 2.05) is 0 Å². The summed E-state index contributed by atoms with van der Waals surface area (Å²) in [5.41, 5.74) is 6.01. The summed E-state index contributed by atoms with van der Waals surface area (Å²) in [4.78, 5) is 0. The van der Waals surface area contributed by atoms with Gasteiger partial charge in [0.15, 0.2) is 17.7 Å². The van der Waals surface area contributed by atoms with Crippen molar-refractivity contribution < 1.29 is 22.3 Å². The summed E-state index contributed by atoms with van der Waals surface area (Å²) >= 11 is 0. The first kappa shape index (κ1) is 13.8. The van der Waals surface area contributed by atoms with Crippen LogP contribution >= 0.6 is 0 Å². The number of halogens is 4. The molecule has 2 nitrogen and oxygen atoms in total. The van der Waals surface area contributed by atoms with Crippen molar-refractivity contribution in [2.24, 2.45) is 5.73 Å². The highest BCUT2D eigenvalue weighted by Gasteiger charge is 2.38. The van der Waals surface area contributed by atoms with E-state index in [0.29, 0.717) is 5.56 Å². The van der Waals surface area contributed by atoms with Crippen molar-refractivity contribution in [2.45, 2.75) is 32.2 Å². The zero-order chi connectivity index (χ0) is 13.2.